The Kier molecular flexibility index (Phi) is 7.55. The number of aryl methyl sites for hydroxylation is 1. The number of benzene rings is 2. The number of sulfonamides is 1. The minimum absolute atomic E-state index is 0.185. The maximum absolute atomic E-state index is 12.5. The first-order valence-electron chi connectivity index (χ1n) is 8.64. The first-order valence-corrected chi connectivity index (χ1v) is 11.3. The van der Waals surface area contributed by atoms with E-state index in [0.717, 1.165) is 17.1 Å². The minimum atomic E-state index is -3.51. The molecule has 0 amide bonds. The zero-order valence-electron chi connectivity index (χ0n) is 15.8. The van der Waals surface area contributed by atoms with Crippen LogP contribution in [0.15, 0.2) is 47.4 Å². The van der Waals surface area contributed by atoms with Gasteiger partial charge in [-0.3, -0.25) is 0 Å². The molecule has 0 aliphatic carbocycles. The Labute approximate surface area is 161 Å². The molecule has 26 heavy (non-hydrogen) atoms. The molecule has 142 valence electrons. The smallest absolute Gasteiger partial charge is 0.240 e. The van der Waals surface area contributed by atoms with Gasteiger partial charge in [0.05, 0.1) is 12.0 Å². The van der Waals surface area contributed by atoms with Crippen molar-refractivity contribution < 1.29 is 13.2 Å². The van der Waals surface area contributed by atoms with Crippen molar-refractivity contribution >= 4 is 21.8 Å². The number of hydrogen-bond donors (Lipinski definition) is 1. The summed E-state index contributed by atoms with van der Waals surface area (Å²) in [6.07, 6.45) is 0. The molecular weight excluding hydrogens is 366 g/mol. The number of nitrogens with one attached hydrogen (secondary N) is 1. The molecule has 4 nitrogen and oxygen atoms in total. The highest BCUT2D eigenvalue weighted by Gasteiger charge is 2.17. The molecule has 0 spiro atoms. The van der Waals surface area contributed by atoms with Gasteiger partial charge in [0.1, 0.15) is 5.75 Å². The van der Waals surface area contributed by atoms with Crippen LogP contribution in [-0.2, 0) is 15.8 Å². The third kappa shape index (κ3) is 5.76. The molecule has 6 heteroatoms. The largest absolute Gasteiger partial charge is 0.496 e. The lowest BCUT2D eigenvalue weighted by Crippen LogP contribution is -2.26. The van der Waals surface area contributed by atoms with Crippen molar-refractivity contribution in [2.75, 3.05) is 19.4 Å². The van der Waals surface area contributed by atoms with Crippen LogP contribution in [0.4, 0.5) is 0 Å². The SMILES string of the molecule is COc1ccc(S(=O)(=O)NCCSCc2ccc(C)cc2)cc1C(C)C. The average molecular weight is 394 g/mol. The third-order valence-electron chi connectivity index (χ3n) is 4.06. The van der Waals surface area contributed by atoms with Gasteiger partial charge in [-0.1, -0.05) is 43.7 Å². The fourth-order valence-electron chi connectivity index (χ4n) is 2.54. The van der Waals surface area contributed by atoms with Crippen molar-refractivity contribution in [2.24, 2.45) is 0 Å². The number of hydrogen-bond acceptors (Lipinski definition) is 4. The number of ether oxygens (including phenoxy) is 1. The predicted octanol–water partition coefficient (Wildman–Crippen LogP) is 4.34. The molecule has 0 saturated carbocycles. The lowest BCUT2D eigenvalue weighted by molar-refractivity contribution is 0.407. The average Bonchev–Trinajstić information content (AvgIpc) is 2.62. The van der Waals surface area contributed by atoms with Gasteiger partial charge >= 0.3 is 0 Å². The molecule has 2 aromatic carbocycles. The van der Waals surface area contributed by atoms with Crippen LogP contribution >= 0.6 is 11.8 Å². The molecule has 2 rings (SSSR count). The first-order chi connectivity index (χ1) is 12.3. The topological polar surface area (TPSA) is 55.4 Å². The lowest BCUT2D eigenvalue weighted by atomic mass is 10.0. The zero-order valence-corrected chi connectivity index (χ0v) is 17.4. The van der Waals surface area contributed by atoms with E-state index >= 15 is 0 Å². The van der Waals surface area contributed by atoms with E-state index in [-0.39, 0.29) is 10.8 Å². The van der Waals surface area contributed by atoms with Crippen LogP contribution in [0.5, 0.6) is 5.75 Å². The van der Waals surface area contributed by atoms with E-state index in [9.17, 15) is 8.42 Å². The molecule has 0 bridgehead atoms. The summed E-state index contributed by atoms with van der Waals surface area (Å²) in [6.45, 7) is 6.50. The Balaban J connectivity index is 1.90. The molecule has 0 aromatic heterocycles. The van der Waals surface area contributed by atoms with Crippen molar-refractivity contribution in [3.8, 4) is 5.75 Å². The summed E-state index contributed by atoms with van der Waals surface area (Å²) in [5, 5.41) is 0. The van der Waals surface area contributed by atoms with Gasteiger partial charge in [0.25, 0.3) is 0 Å². The van der Waals surface area contributed by atoms with Crippen molar-refractivity contribution in [1.29, 1.82) is 0 Å². The Morgan fingerprint density at radius 3 is 2.42 bits per heavy atom. The molecule has 2 aromatic rings. The molecule has 0 aliphatic heterocycles. The van der Waals surface area contributed by atoms with Crippen LogP contribution in [0.1, 0.15) is 36.5 Å². The van der Waals surface area contributed by atoms with Crippen molar-refractivity contribution in [3.63, 3.8) is 0 Å². The normalized spacial score (nSPS) is 11.7. The van der Waals surface area contributed by atoms with Crippen LogP contribution < -0.4 is 9.46 Å². The Hall–Kier alpha value is -1.50. The van der Waals surface area contributed by atoms with Gasteiger partial charge in [-0.05, 0) is 42.2 Å². The van der Waals surface area contributed by atoms with Crippen LogP contribution in [0, 0.1) is 6.92 Å². The summed E-state index contributed by atoms with van der Waals surface area (Å²) < 4.78 is 33.0. The van der Waals surface area contributed by atoms with E-state index in [4.69, 9.17) is 4.74 Å². The van der Waals surface area contributed by atoms with E-state index < -0.39 is 10.0 Å². The maximum Gasteiger partial charge on any atom is 0.240 e. The standard InChI is InChI=1S/C20H27NO3S2/c1-15(2)19-13-18(9-10-20(19)24-4)26(22,23)21-11-12-25-14-17-7-5-16(3)6-8-17/h5-10,13,15,21H,11-12,14H2,1-4H3. The Morgan fingerprint density at radius 2 is 1.81 bits per heavy atom. The van der Waals surface area contributed by atoms with Gasteiger partial charge in [0.2, 0.25) is 10.0 Å². The molecule has 1 N–H and O–H groups in total. The van der Waals surface area contributed by atoms with E-state index in [1.54, 1.807) is 37.1 Å². The summed E-state index contributed by atoms with van der Waals surface area (Å²) in [4.78, 5) is 0.283. The fraction of sp³-hybridized carbons (Fsp3) is 0.400. The highest BCUT2D eigenvalue weighted by Crippen LogP contribution is 2.28. The van der Waals surface area contributed by atoms with E-state index in [1.165, 1.54) is 11.1 Å². The first kappa shape index (κ1) is 20.8. The number of rotatable bonds is 9. The number of methoxy groups -OCH3 is 1. The van der Waals surface area contributed by atoms with Crippen molar-refractivity contribution in [3.05, 3.63) is 59.2 Å². The third-order valence-corrected chi connectivity index (χ3v) is 6.55. The molecule has 0 aliphatic rings. The van der Waals surface area contributed by atoms with Crippen LogP contribution in [-0.4, -0.2) is 27.8 Å². The highest BCUT2D eigenvalue weighted by molar-refractivity contribution is 7.98. The molecule has 0 atom stereocenters. The predicted molar refractivity (Wildman–Crippen MR) is 110 cm³/mol. The van der Waals surface area contributed by atoms with Crippen LogP contribution in [0.2, 0.25) is 0 Å². The summed E-state index contributed by atoms with van der Waals surface area (Å²) in [5.41, 5.74) is 3.39. The van der Waals surface area contributed by atoms with Gasteiger partial charge in [-0.2, -0.15) is 11.8 Å². The monoisotopic (exact) mass is 393 g/mol. The molecule has 0 unspecified atom stereocenters. The summed E-state index contributed by atoms with van der Waals surface area (Å²) >= 11 is 1.72. The lowest BCUT2D eigenvalue weighted by Gasteiger charge is -2.14. The van der Waals surface area contributed by atoms with E-state index in [2.05, 4.69) is 35.9 Å². The summed E-state index contributed by atoms with van der Waals surface area (Å²) in [6, 6.07) is 13.4. The van der Waals surface area contributed by atoms with Gasteiger partial charge in [-0.15, -0.1) is 0 Å². The molecule has 0 fully saturated rings. The molecule has 0 saturated heterocycles. The fourth-order valence-corrected chi connectivity index (χ4v) is 4.55. The van der Waals surface area contributed by atoms with Crippen LogP contribution in [0.25, 0.3) is 0 Å². The highest BCUT2D eigenvalue weighted by atomic mass is 32.2. The maximum atomic E-state index is 12.5. The number of thioether (sulfide) groups is 1. The zero-order chi connectivity index (χ0) is 19.2. The van der Waals surface area contributed by atoms with Gasteiger partial charge < -0.3 is 4.74 Å². The quantitative estimate of drug-likeness (QED) is 0.644. The summed E-state index contributed by atoms with van der Waals surface area (Å²) in [7, 11) is -1.91. The molecule has 0 radical (unpaired) electrons. The second kappa shape index (κ2) is 9.44. The minimum Gasteiger partial charge on any atom is -0.496 e. The second-order valence-electron chi connectivity index (χ2n) is 6.49. The van der Waals surface area contributed by atoms with Gasteiger partial charge in [-0.25, -0.2) is 13.1 Å². The summed E-state index contributed by atoms with van der Waals surface area (Å²) in [5.74, 6) is 2.50. The van der Waals surface area contributed by atoms with E-state index in [0.29, 0.717) is 12.3 Å². The molecular formula is C20H27NO3S2. The Bertz CT molecular complexity index is 815. The van der Waals surface area contributed by atoms with E-state index in [1.807, 2.05) is 13.8 Å². The molecule has 0 heterocycles. The second-order valence-corrected chi connectivity index (χ2v) is 9.37. The Morgan fingerprint density at radius 1 is 1.12 bits per heavy atom. The van der Waals surface area contributed by atoms with Gasteiger partial charge in [0.15, 0.2) is 0 Å². The van der Waals surface area contributed by atoms with Gasteiger partial charge in [0, 0.05) is 18.1 Å². The van der Waals surface area contributed by atoms with Crippen molar-refractivity contribution in [1.82, 2.24) is 4.72 Å². The van der Waals surface area contributed by atoms with Crippen molar-refractivity contribution in [2.45, 2.75) is 37.3 Å². The van der Waals surface area contributed by atoms with Crippen LogP contribution in [0.3, 0.4) is 0 Å².